The molecule has 7 heteroatoms. The van der Waals surface area contributed by atoms with Crippen LogP contribution in [-0.4, -0.2) is 41.3 Å². The number of piperidine rings is 1. The smallest absolute Gasteiger partial charge is 0.270 e. The Balaban J connectivity index is 1.23. The number of amides is 2. The van der Waals surface area contributed by atoms with E-state index in [1.807, 2.05) is 34.5 Å². The second-order valence-electron chi connectivity index (χ2n) is 8.61. The molecule has 1 aliphatic heterocycles. The Morgan fingerprint density at radius 2 is 2.00 bits per heavy atom. The lowest BCUT2D eigenvalue weighted by Gasteiger charge is -2.31. The van der Waals surface area contributed by atoms with Gasteiger partial charge in [-0.1, -0.05) is 41.4 Å². The molecule has 1 saturated heterocycles. The van der Waals surface area contributed by atoms with E-state index >= 15 is 0 Å². The van der Waals surface area contributed by atoms with Gasteiger partial charge in [-0.25, -0.2) is 4.98 Å². The van der Waals surface area contributed by atoms with Gasteiger partial charge in [0.15, 0.2) is 0 Å². The number of allylic oxidation sites excluding steroid dienone is 1. The highest BCUT2D eigenvalue weighted by atomic mass is 35.5. The summed E-state index contributed by atoms with van der Waals surface area (Å²) in [6, 6.07) is 7.50. The first-order valence-electron chi connectivity index (χ1n) is 11.5. The van der Waals surface area contributed by atoms with Gasteiger partial charge in [0.05, 0.1) is 11.4 Å². The number of nitrogens with one attached hydrogen (secondary N) is 1. The minimum Gasteiger partial charge on any atom is -0.350 e. The van der Waals surface area contributed by atoms with Crippen LogP contribution < -0.4 is 5.32 Å². The number of benzene rings is 1. The zero-order valence-electron chi connectivity index (χ0n) is 18.3. The summed E-state index contributed by atoms with van der Waals surface area (Å²) in [5, 5.41) is 6.52. The number of thiazole rings is 1. The molecule has 4 rings (SSSR count). The molecule has 1 N–H and O–H groups in total. The topological polar surface area (TPSA) is 62.3 Å². The number of nitrogens with zero attached hydrogens (tertiary/aromatic N) is 2. The molecule has 0 radical (unpaired) electrons. The van der Waals surface area contributed by atoms with Crippen molar-refractivity contribution < 1.29 is 9.59 Å². The Labute approximate surface area is 198 Å². The molecule has 0 saturated carbocycles. The number of aromatic nitrogens is 1. The highest BCUT2D eigenvalue weighted by molar-refractivity contribution is 7.09. The van der Waals surface area contributed by atoms with Crippen molar-refractivity contribution in [2.45, 2.75) is 57.3 Å². The SMILES string of the molecule is O=C(NCCC1=CCCCC1)c1csc(C2CCN(C(=O)Cc3ccccc3Cl)CC2)n1. The summed E-state index contributed by atoms with van der Waals surface area (Å²) >= 11 is 7.75. The molecule has 1 aromatic carbocycles. The van der Waals surface area contributed by atoms with E-state index in [2.05, 4.69) is 16.4 Å². The molecule has 0 bridgehead atoms. The number of hydrogen-bond acceptors (Lipinski definition) is 4. The van der Waals surface area contributed by atoms with Crippen molar-refractivity contribution in [3.63, 3.8) is 0 Å². The fourth-order valence-electron chi connectivity index (χ4n) is 4.43. The molecule has 0 atom stereocenters. The zero-order valence-corrected chi connectivity index (χ0v) is 19.9. The van der Waals surface area contributed by atoms with Crippen LogP contribution in [0.3, 0.4) is 0 Å². The Bertz CT molecular complexity index is 979. The van der Waals surface area contributed by atoms with Crippen molar-refractivity contribution in [1.29, 1.82) is 0 Å². The summed E-state index contributed by atoms with van der Waals surface area (Å²) in [7, 11) is 0. The van der Waals surface area contributed by atoms with Gasteiger partial charge in [0, 0.05) is 36.0 Å². The van der Waals surface area contributed by atoms with Gasteiger partial charge in [-0.2, -0.15) is 0 Å². The average Bonchev–Trinajstić information content (AvgIpc) is 3.32. The maximum atomic E-state index is 12.7. The maximum absolute atomic E-state index is 12.7. The molecule has 2 aliphatic rings. The van der Waals surface area contributed by atoms with Crippen LogP contribution in [0.15, 0.2) is 41.3 Å². The molecular formula is C25H30ClN3O2S. The number of likely N-dealkylation sites (tertiary alicyclic amines) is 1. The molecule has 0 unspecified atom stereocenters. The zero-order chi connectivity index (χ0) is 22.3. The van der Waals surface area contributed by atoms with E-state index in [1.54, 1.807) is 11.3 Å². The number of carbonyl (C=O) groups excluding carboxylic acids is 2. The average molecular weight is 472 g/mol. The Morgan fingerprint density at radius 3 is 2.75 bits per heavy atom. The summed E-state index contributed by atoms with van der Waals surface area (Å²) in [4.78, 5) is 31.7. The third-order valence-electron chi connectivity index (χ3n) is 6.37. The number of halogens is 1. The van der Waals surface area contributed by atoms with E-state index < -0.39 is 0 Å². The first kappa shape index (κ1) is 23.0. The molecule has 32 heavy (non-hydrogen) atoms. The molecule has 1 aromatic heterocycles. The standard InChI is InChI=1S/C25H30ClN3O2S/c26-21-9-5-4-8-20(21)16-23(30)29-14-11-19(12-15-29)25-28-22(17-32-25)24(31)27-13-10-18-6-2-1-3-7-18/h4-6,8-9,17,19H,1-3,7,10-16H2,(H,27,31). The van der Waals surface area contributed by atoms with Gasteiger partial charge in [0.2, 0.25) is 5.91 Å². The minimum atomic E-state index is -0.0868. The lowest BCUT2D eigenvalue weighted by Crippen LogP contribution is -2.38. The van der Waals surface area contributed by atoms with E-state index in [0.29, 0.717) is 42.7 Å². The first-order chi connectivity index (χ1) is 15.6. The van der Waals surface area contributed by atoms with Crippen molar-refractivity contribution in [2.75, 3.05) is 19.6 Å². The predicted molar refractivity (Wildman–Crippen MR) is 129 cm³/mol. The summed E-state index contributed by atoms with van der Waals surface area (Å²) in [6.45, 7) is 2.10. The second kappa shape index (κ2) is 11.1. The van der Waals surface area contributed by atoms with Gasteiger partial charge in [0.25, 0.3) is 5.91 Å². The van der Waals surface area contributed by atoms with E-state index in [4.69, 9.17) is 11.6 Å². The highest BCUT2D eigenvalue weighted by Crippen LogP contribution is 2.31. The van der Waals surface area contributed by atoms with Crippen LogP contribution in [0.1, 0.15) is 71.9 Å². The van der Waals surface area contributed by atoms with Crippen molar-refractivity contribution in [3.8, 4) is 0 Å². The van der Waals surface area contributed by atoms with Crippen molar-refractivity contribution in [1.82, 2.24) is 15.2 Å². The van der Waals surface area contributed by atoms with Crippen molar-refractivity contribution >= 4 is 34.8 Å². The number of carbonyl (C=O) groups is 2. The predicted octanol–water partition coefficient (Wildman–Crippen LogP) is 5.37. The van der Waals surface area contributed by atoms with Crippen LogP contribution in [0.25, 0.3) is 0 Å². The largest absolute Gasteiger partial charge is 0.350 e. The molecule has 2 heterocycles. The summed E-state index contributed by atoms with van der Waals surface area (Å²) in [6.07, 6.45) is 10.2. The monoisotopic (exact) mass is 471 g/mol. The van der Waals surface area contributed by atoms with Crippen LogP contribution in [0, 0.1) is 0 Å². The lowest BCUT2D eigenvalue weighted by atomic mass is 9.97. The van der Waals surface area contributed by atoms with E-state index in [9.17, 15) is 9.59 Å². The molecule has 5 nitrogen and oxygen atoms in total. The van der Waals surface area contributed by atoms with Crippen LogP contribution in [0.5, 0.6) is 0 Å². The minimum absolute atomic E-state index is 0.0868. The summed E-state index contributed by atoms with van der Waals surface area (Å²) in [5.74, 6) is 0.332. The third-order valence-corrected chi connectivity index (χ3v) is 7.74. The Morgan fingerprint density at radius 1 is 1.19 bits per heavy atom. The van der Waals surface area contributed by atoms with Gasteiger partial charge in [-0.3, -0.25) is 9.59 Å². The van der Waals surface area contributed by atoms with Gasteiger partial charge in [-0.15, -0.1) is 11.3 Å². The summed E-state index contributed by atoms with van der Waals surface area (Å²) in [5.41, 5.74) is 2.85. The van der Waals surface area contributed by atoms with E-state index in [1.165, 1.54) is 24.8 Å². The normalized spacial score (nSPS) is 17.2. The van der Waals surface area contributed by atoms with Crippen LogP contribution in [0.4, 0.5) is 0 Å². The van der Waals surface area contributed by atoms with Gasteiger partial charge < -0.3 is 10.2 Å². The van der Waals surface area contributed by atoms with Crippen LogP contribution in [0.2, 0.25) is 5.02 Å². The lowest BCUT2D eigenvalue weighted by molar-refractivity contribution is -0.131. The van der Waals surface area contributed by atoms with Crippen LogP contribution >= 0.6 is 22.9 Å². The second-order valence-corrected chi connectivity index (χ2v) is 9.91. The van der Waals surface area contributed by atoms with Crippen LogP contribution in [-0.2, 0) is 11.2 Å². The fourth-order valence-corrected chi connectivity index (χ4v) is 5.60. The fraction of sp³-hybridized carbons (Fsp3) is 0.480. The summed E-state index contributed by atoms with van der Waals surface area (Å²) < 4.78 is 0. The van der Waals surface area contributed by atoms with Gasteiger partial charge in [-0.05, 0) is 56.6 Å². The van der Waals surface area contributed by atoms with Gasteiger partial charge in [0.1, 0.15) is 5.69 Å². The molecule has 0 spiro atoms. The molecule has 2 aromatic rings. The van der Waals surface area contributed by atoms with Crippen molar-refractivity contribution in [2.24, 2.45) is 0 Å². The van der Waals surface area contributed by atoms with E-state index in [0.717, 1.165) is 36.3 Å². The van der Waals surface area contributed by atoms with Crippen molar-refractivity contribution in [3.05, 3.63) is 62.6 Å². The Hall–Kier alpha value is -2.18. The molecular weight excluding hydrogens is 442 g/mol. The number of rotatable bonds is 7. The first-order valence-corrected chi connectivity index (χ1v) is 12.8. The molecule has 1 fully saturated rings. The Kier molecular flexibility index (Phi) is 7.98. The van der Waals surface area contributed by atoms with Gasteiger partial charge >= 0.3 is 0 Å². The molecule has 170 valence electrons. The molecule has 2 amide bonds. The maximum Gasteiger partial charge on any atom is 0.270 e. The quantitative estimate of drug-likeness (QED) is 0.552. The molecule has 1 aliphatic carbocycles. The highest BCUT2D eigenvalue weighted by Gasteiger charge is 2.26. The number of hydrogen-bond donors (Lipinski definition) is 1. The van der Waals surface area contributed by atoms with E-state index in [-0.39, 0.29) is 11.8 Å². The third kappa shape index (κ3) is 5.99.